The minimum atomic E-state index is -3.78. The van der Waals surface area contributed by atoms with Gasteiger partial charge in [0, 0.05) is 11.9 Å². The summed E-state index contributed by atoms with van der Waals surface area (Å²) in [4.78, 5) is 22.3. The highest BCUT2D eigenvalue weighted by Gasteiger charge is 2.26. The number of para-hydroxylation sites is 2. The van der Waals surface area contributed by atoms with Gasteiger partial charge in [-0.25, -0.2) is 8.42 Å². The van der Waals surface area contributed by atoms with Crippen molar-refractivity contribution in [2.75, 3.05) is 23.4 Å². The Morgan fingerprint density at radius 2 is 1.69 bits per heavy atom. The van der Waals surface area contributed by atoms with Crippen molar-refractivity contribution in [1.29, 1.82) is 0 Å². The first-order valence-corrected chi connectivity index (χ1v) is 9.58. The van der Waals surface area contributed by atoms with Crippen LogP contribution in [0.2, 0.25) is 0 Å². The van der Waals surface area contributed by atoms with E-state index in [0.717, 1.165) is 23.4 Å². The van der Waals surface area contributed by atoms with Crippen LogP contribution in [0.25, 0.3) is 0 Å². The van der Waals surface area contributed by atoms with Crippen LogP contribution in [0.5, 0.6) is 0 Å². The summed E-state index contributed by atoms with van der Waals surface area (Å²) in [5.74, 6) is -0.401. The molecule has 2 N–H and O–H groups in total. The third kappa shape index (κ3) is 4.37. The second-order valence-electron chi connectivity index (χ2n) is 5.85. The number of nitro groups is 1. The lowest BCUT2D eigenvalue weighted by Gasteiger charge is -2.13. The first-order valence-electron chi connectivity index (χ1n) is 7.68. The van der Waals surface area contributed by atoms with Crippen LogP contribution in [0.15, 0.2) is 41.3 Å². The molecule has 0 radical (unpaired) electrons. The number of carbonyl (C=O) groups is 1. The predicted octanol–water partition coefficient (Wildman–Crippen LogP) is 2.67. The summed E-state index contributed by atoms with van der Waals surface area (Å²) in [6, 6.07) is 9.50. The molecule has 8 nitrogen and oxygen atoms in total. The highest BCUT2D eigenvalue weighted by molar-refractivity contribution is 7.90. The SMILES string of the molecule is Cc1cccc(C)c1NC(=O)CNc1cccc(S(C)(=O)=O)c1[N+](=O)[O-]. The zero-order valence-corrected chi connectivity index (χ0v) is 15.4. The van der Waals surface area contributed by atoms with Crippen molar-refractivity contribution < 1.29 is 18.1 Å². The summed E-state index contributed by atoms with van der Waals surface area (Å²) < 4.78 is 23.5. The number of aryl methyl sites for hydroxylation is 2. The van der Waals surface area contributed by atoms with Gasteiger partial charge in [0.15, 0.2) is 9.84 Å². The number of anilines is 2. The number of nitrogens with zero attached hydrogens (tertiary/aromatic N) is 1. The van der Waals surface area contributed by atoms with Crippen LogP contribution in [0.1, 0.15) is 11.1 Å². The van der Waals surface area contributed by atoms with Crippen LogP contribution < -0.4 is 10.6 Å². The Morgan fingerprint density at radius 3 is 2.23 bits per heavy atom. The van der Waals surface area contributed by atoms with Crippen LogP contribution in [-0.2, 0) is 14.6 Å². The van der Waals surface area contributed by atoms with E-state index in [9.17, 15) is 23.3 Å². The van der Waals surface area contributed by atoms with E-state index in [2.05, 4.69) is 10.6 Å². The molecule has 0 aromatic heterocycles. The lowest BCUT2D eigenvalue weighted by molar-refractivity contribution is -0.386. The molecule has 0 spiro atoms. The Bertz CT molecular complexity index is 950. The van der Waals surface area contributed by atoms with Gasteiger partial charge in [-0.2, -0.15) is 0 Å². The summed E-state index contributed by atoms with van der Waals surface area (Å²) in [5.41, 5.74) is 1.86. The van der Waals surface area contributed by atoms with Crippen LogP contribution >= 0.6 is 0 Å². The summed E-state index contributed by atoms with van der Waals surface area (Å²) in [7, 11) is -3.78. The topological polar surface area (TPSA) is 118 Å². The number of rotatable bonds is 6. The molecule has 0 bridgehead atoms. The minimum Gasteiger partial charge on any atom is -0.371 e. The number of benzene rings is 2. The summed E-state index contributed by atoms with van der Waals surface area (Å²) in [6.07, 6.45) is 0.896. The molecule has 26 heavy (non-hydrogen) atoms. The van der Waals surface area contributed by atoms with Gasteiger partial charge in [-0.1, -0.05) is 24.3 Å². The summed E-state index contributed by atoms with van der Waals surface area (Å²) >= 11 is 0. The Morgan fingerprint density at radius 1 is 1.12 bits per heavy atom. The molecule has 0 atom stereocenters. The van der Waals surface area contributed by atoms with Crippen molar-refractivity contribution in [3.05, 3.63) is 57.6 Å². The fraction of sp³-hybridized carbons (Fsp3) is 0.235. The fourth-order valence-corrected chi connectivity index (χ4v) is 3.38. The number of carbonyl (C=O) groups excluding carboxylic acids is 1. The van der Waals surface area contributed by atoms with Crippen molar-refractivity contribution >= 4 is 32.8 Å². The Balaban J connectivity index is 2.22. The number of hydrogen-bond acceptors (Lipinski definition) is 6. The molecular formula is C17H19N3O5S. The molecular weight excluding hydrogens is 358 g/mol. The Labute approximate surface area is 151 Å². The standard InChI is InChI=1S/C17H19N3O5S/c1-11-6-4-7-12(2)16(11)19-15(21)10-18-13-8-5-9-14(26(3,24)25)17(13)20(22)23/h4-9,18H,10H2,1-3H3,(H,19,21). The lowest BCUT2D eigenvalue weighted by atomic mass is 10.1. The molecule has 9 heteroatoms. The van der Waals surface area contributed by atoms with Crippen molar-refractivity contribution in [1.82, 2.24) is 0 Å². The molecule has 0 aliphatic rings. The molecule has 2 aromatic carbocycles. The number of amides is 1. The van der Waals surface area contributed by atoms with Gasteiger partial charge in [0.05, 0.1) is 11.5 Å². The van der Waals surface area contributed by atoms with Crippen molar-refractivity contribution in [2.24, 2.45) is 0 Å². The number of sulfone groups is 1. The molecule has 0 unspecified atom stereocenters. The largest absolute Gasteiger partial charge is 0.371 e. The zero-order valence-electron chi connectivity index (χ0n) is 14.6. The number of nitro benzene ring substituents is 1. The Hall–Kier alpha value is -2.94. The predicted molar refractivity (Wildman–Crippen MR) is 99.2 cm³/mol. The molecule has 0 aliphatic heterocycles. The first kappa shape index (κ1) is 19.4. The van der Waals surface area contributed by atoms with E-state index in [1.165, 1.54) is 12.1 Å². The van der Waals surface area contributed by atoms with E-state index in [-0.39, 0.29) is 12.2 Å². The van der Waals surface area contributed by atoms with Crippen LogP contribution in [0, 0.1) is 24.0 Å². The Kier molecular flexibility index (Phi) is 5.61. The normalized spacial score (nSPS) is 11.0. The van der Waals surface area contributed by atoms with E-state index >= 15 is 0 Å². The third-order valence-electron chi connectivity index (χ3n) is 3.77. The third-order valence-corrected chi connectivity index (χ3v) is 4.89. The maximum atomic E-state index is 12.2. The highest BCUT2D eigenvalue weighted by atomic mass is 32.2. The van der Waals surface area contributed by atoms with E-state index in [1.807, 2.05) is 32.0 Å². The van der Waals surface area contributed by atoms with Crippen LogP contribution in [0.4, 0.5) is 17.1 Å². The van der Waals surface area contributed by atoms with Crippen LogP contribution in [0.3, 0.4) is 0 Å². The smallest absolute Gasteiger partial charge is 0.310 e. The molecule has 2 aromatic rings. The van der Waals surface area contributed by atoms with Gasteiger partial charge in [0.2, 0.25) is 5.91 Å². The highest BCUT2D eigenvalue weighted by Crippen LogP contribution is 2.31. The molecule has 0 heterocycles. The van der Waals surface area contributed by atoms with Crippen LogP contribution in [-0.4, -0.2) is 32.0 Å². The average Bonchev–Trinajstić information content (AvgIpc) is 2.55. The van der Waals surface area contributed by atoms with E-state index in [4.69, 9.17) is 0 Å². The molecule has 0 fully saturated rings. The van der Waals surface area contributed by atoms with Gasteiger partial charge in [-0.05, 0) is 37.1 Å². The van der Waals surface area contributed by atoms with E-state index in [0.29, 0.717) is 5.69 Å². The summed E-state index contributed by atoms with van der Waals surface area (Å²) in [6.45, 7) is 3.47. The van der Waals surface area contributed by atoms with Crippen molar-refractivity contribution in [3.63, 3.8) is 0 Å². The van der Waals surface area contributed by atoms with Gasteiger partial charge in [-0.15, -0.1) is 0 Å². The fourth-order valence-electron chi connectivity index (χ4n) is 2.52. The molecule has 0 aliphatic carbocycles. The number of nitrogens with one attached hydrogen (secondary N) is 2. The molecule has 0 saturated carbocycles. The number of hydrogen-bond donors (Lipinski definition) is 2. The molecule has 138 valence electrons. The second-order valence-corrected chi connectivity index (χ2v) is 7.83. The quantitative estimate of drug-likeness (QED) is 0.590. The average molecular weight is 377 g/mol. The molecule has 0 saturated heterocycles. The van der Waals surface area contributed by atoms with Gasteiger partial charge >= 0.3 is 5.69 Å². The van der Waals surface area contributed by atoms with Crippen molar-refractivity contribution in [3.8, 4) is 0 Å². The lowest BCUT2D eigenvalue weighted by Crippen LogP contribution is -2.23. The second kappa shape index (κ2) is 7.52. The van der Waals surface area contributed by atoms with E-state index < -0.39 is 31.3 Å². The zero-order chi connectivity index (χ0) is 19.5. The van der Waals surface area contributed by atoms with Gasteiger partial charge in [0.25, 0.3) is 0 Å². The summed E-state index contributed by atoms with van der Waals surface area (Å²) in [5, 5.41) is 16.7. The molecule has 1 amide bonds. The maximum Gasteiger partial charge on any atom is 0.310 e. The van der Waals surface area contributed by atoms with E-state index in [1.54, 1.807) is 0 Å². The minimum absolute atomic E-state index is 0.0328. The van der Waals surface area contributed by atoms with Crippen molar-refractivity contribution in [2.45, 2.75) is 18.7 Å². The van der Waals surface area contributed by atoms with Gasteiger partial charge in [0.1, 0.15) is 10.6 Å². The molecule has 2 rings (SSSR count). The first-order chi connectivity index (χ1) is 12.1. The maximum absolute atomic E-state index is 12.2. The monoisotopic (exact) mass is 377 g/mol. The van der Waals surface area contributed by atoms with Gasteiger partial charge < -0.3 is 10.6 Å². The van der Waals surface area contributed by atoms with Gasteiger partial charge in [-0.3, -0.25) is 14.9 Å².